The molecule has 0 spiro atoms. The molecule has 0 aromatic heterocycles. The molecule has 88 valence electrons. The molecule has 0 amide bonds. The van der Waals surface area contributed by atoms with Gasteiger partial charge in [0, 0.05) is 6.07 Å². The van der Waals surface area contributed by atoms with Crippen molar-refractivity contribution in [2.75, 3.05) is 13.2 Å². The fraction of sp³-hybridized carbons (Fsp3) is 0.400. The number of hydrogen-bond donors (Lipinski definition) is 2. The van der Waals surface area contributed by atoms with Crippen LogP contribution in [0, 0.1) is 10.1 Å². The summed E-state index contributed by atoms with van der Waals surface area (Å²) in [7, 11) is 0. The van der Waals surface area contributed by atoms with Crippen LogP contribution >= 0.6 is 0 Å². The summed E-state index contributed by atoms with van der Waals surface area (Å²) in [4.78, 5) is 10.1. The van der Waals surface area contributed by atoms with Gasteiger partial charge in [0.05, 0.1) is 23.7 Å². The Balaban J connectivity index is 2.78. The minimum atomic E-state index is -0.533. The van der Waals surface area contributed by atoms with Crippen LogP contribution in [0.1, 0.15) is 12.0 Å². The van der Waals surface area contributed by atoms with Gasteiger partial charge in [0.15, 0.2) is 0 Å². The molecule has 1 rings (SSSR count). The number of hydrogen-bond acceptors (Lipinski definition) is 5. The standard InChI is InChI=1S/C10H14N2O4/c11-4-1-5-16-9-2-3-10(12(14)15)8(6-9)7-13/h2-3,6,13H,1,4-5,7,11H2. The molecule has 0 aliphatic carbocycles. The second-order valence-electron chi connectivity index (χ2n) is 3.20. The lowest BCUT2D eigenvalue weighted by Gasteiger charge is -2.06. The molecule has 0 saturated heterocycles. The van der Waals surface area contributed by atoms with Gasteiger partial charge in [-0.15, -0.1) is 0 Å². The van der Waals surface area contributed by atoms with Gasteiger partial charge < -0.3 is 15.6 Å². The van der Waals surface area contributed by atoms with E-state index in [1.54, 1.807) is 0 Å². The zero-order valence-electron chi connectivity index (χ0n) is 8.76. The highest BCUT2D eigenvalue weighted by Crippen LogP contribution is 2.24. The van der Waals surface area contributed by atoms with Gasteiger partial charge in [0.25, 0.3) is 5.69 Å². The summed E-state index contributed by atoms with van der Waals surface area (Å²) in [5.74, 6) is 0.503. The second-order valence-corrected chi connectivity index (χ2v) is 3.20. The van der Waals surface area contributed by atoms with Gasteiger partial charge in [-0.3, -0.25) is 10.1 Å². The lowest BCUT2D eigenvalue weighted by Crippen LogP contribution is -2.06. The molecule has 6 heteroatoms. The summed E-state index contributed by atoms with van der Waals surface area (Å²) < 4.78 is 5.31. The highest BCUT2D eigenvalue weighted by atomic mass is 16.6. The fourth-order valence-electron chi connectivity index (χ4n) is 1.23. The van der Waals surface area contributed by atoms with E-state index in [1.165, 1.54) is 18.2 Å². The van der Waals surface area contributed by atoms with Crippen molar-refractivity contribution >= 4 is 5.69 Å². The van der Waals surface area contributed by atoms with Crippen LogP contribution in [0.2, 0.25) is 0 Å². The van der Waals surface area contributed by atoms with Gasteiger partial charge in [-0.2, -0.15) is 0 Å². The van der Waals surface area contributed by atoms with Gasteiger partial charge >= 0.3 is 0 Å². The monoisotopic (exact) mass is 226 g/mol. The minimum Gasteiger partial charge on any atom is -0.494 e. The smallest absolute Gasteiger partial charge is 0.275 e. The molecule has 16 heavy (non-hydrogen) atoms. The maximum atomic E-state index is 10.6. The number of nitrogens with zero attached hydrogens (tertiary/aromatic N) is 1. The third-order valence-corrected chi connectivity index (χ3v) is 2.04. The number of nitro benzene ring substituents is 1. The van der Waals surface area contributed by atoms with E-state index in [1.807, 2.05) is 0 Å². The summed E-state index contributed by atoms with van der Waals surface area (Å²) in [6, 6.07) is 4.30. The summed E-state index contributed by atoms with van der Waals surface area (Å²) >= 11 is 0. The number of ether oxygens (including phenoxy) is 1. The number of aliphatic hydroxyl groups excluding tert-OH is 1. The number of nitrogens with two attached hydrogens (primary N) is 1. The number of nitro groups is 1. The summed E-state index contributed by atoms with van der Waals surface area (Å²) in [6.07, 6.45) is 0.714. The molecule has 0 aliphatic rings. The maximum Gasteiger partial charge on any atom is 0.275 e. The number of aliphatic hydroxyl groups is 1. The van der Waals surface area contributed by atoms with Crippen molar-refractivity contribution in [3.8, 4) is 5.75 Å². The van der Waals surface area contributed by atoms with E-state index in [4.69, 9.17) is 15.6 Å². The average molecular weight is 226 g/mol. The van der Waals surface area contributed by atoms with Crippen LogP contribution in [0.15, 0.2) is 18.2 Å². The maximum absolute atomic E-state index is 10.6. The van der Waals surface area contributed by atoms with E-state index in [0.29, 0.717) is 25.3 Å². The van der Waals surface area contributed by atoms with Crippen LogP contribution < -0.4 is 10.5 Å². The van der Waals surface area contributed by atoms with Gasteiger partial charge in [0.1, 0.15) is 5.75 Å². The van der Waals surface area contributed by atoms with Crippen LogP contribution in [0.3, 0.4) is 0 Å². The first-order valence-corrected chi connectivity index (χ1v) is 4.90. The molecule has 0 heterocycles. The molecule has 1 aromatic rings. The van der Waals surface area contributed by atoms with Crippen LogP contribution in [0.5, 0.6) is 5.75 Å². The van der Waals surface area contributed by atoms with E-state index in [9.17, 15) is 10.1 Å². The van der Waals surface area contributed by atoms with E-state index in [2.05, 4.69) is 0 Å². The molecule has 0 fully saturated rings. The summed E-state index contributed by atoms with van der Waals surface area (Å²) in [6.45, 7) is 0.601. The Bertz CT molecular complexity index is 368. The third-order valence-electron chi connectivity index (χ3n) is 2.04. The Morgan fingerprint density at radius 2 is 2.25 bits per heavy atom. The van der Waals surface area contributed by atoms with E-state index in [0.717, 1.165) is 0 Å². The van der Waals surface area contributed by atoms with Crippen molar-refractivity contribution < 1.29 is 14.8 Å². The summed E-state index contributed by atoms with van der Waals surface area (Å²) in [5, 5.41) is 19.6. The van der Waals surface area contributed by atoms with Gasteiger partial charge in [-0.1, -0.05) is 0 Å². The van der Waals surface area contributed by atoms with Crippen LogP contribution in [-0.2, 0) is 6.61 Å². The Morgan fingerprint density at radius 3 is 2.81 bits per heavy atom. The molecule has 1 aromatic carbocycles. The molecule has 0 radical (unpaired) electrons. The topological polar surface area (TPSA) is 98.6 Å². The van der Waals surface area contributed by atoms with Crippen molar-refractivity contribution in [2.45, 2.75) is 13.0 Å². The first-order chi connectivity index (χ1) is 7.69. The molecule has 0 saturated carbocycles. The first-order valence-electron chi connectivity index (χ1n) is 4.90. The summed E-state index contributed by atoms with van der Waals surface area (Å²) in [5.41, 5.74) is 5.45. The van der Waals surface area contributed by atoms with Gasteiger partial charge in [0.2, 0.25) is 0 Å². The Kier molecular flexibility index (Phi) is 4.68. The van der Waals surface area contributed by atoms with E-state index >= 15 is 0 Å². The first kappa shape index (κ1) is 12.4. The molecule has 0 unspecified atom stereocenters. The molecule has 0 atom stereocenters. The molecule has 0 aliphatic heterocycles. The Morgan fingerprint density at radius 1 is 1.50 bits per heavy atom. The molecule has 3 N–H and O–H groups in total. The van der Waals surface area contributed by atoms with E-state index in [-0.39, 0.29) is 17.9 Å². The predicted molar refractivity (Wildman–Crippen MR) is 58.2 cm³/mol. The fourth-order valence-corrected chi connectivity index (χ4v) is 1.23. The van der Waals surface area contributed by atoms with Crippen molar-refractivity contribution in [3.05, 3.63) is 33.9 Å². The lowest BCUT2D eigenvalue weighted by atomic mass is 10.2. The highest BCUT2D eigenvalue weighted by molar-refractivity contribution is 5.44. The Hall–Kier alpha value is -1.66. The van der Waals surface area contributed by atoms with E-state index < -0.39 is 4.92 Å². The largest absolute Gasteiger partial charge is 0.494 e. The van der Waals surface area contributed by atoms with Crippen molar-refractivity contribution in [2.24, 2.45) is 5.73 Å². The predicted octanol–water partition coefficient (Wildman–Crippen LogP) is 0.815. The zero-order chi connectivity index (χ0) is 12.0. The van der Waals surface area contributed by atoms with Crippen LogP contribution in [-0.4, -0.2) is 23.2 Å². The number of rotatable bonds is 6. The van der Waals surface area contributed by atoms with Crippen molar-refractivity contribution in [1.29, 1.82) is 0 Å². The molecule has 6 nitrogen and oxygen atoms in total. The van der Waals surface area contributed by atoms with Gasteiger partial charge in [-0.25, -0.2) is 0 Å². The van der Waals surface area contributed by atoms with Crippen LogP contribution in [0.25, 0.3) is 0 Å². The quantitative estimate of drug-likeness (QED) is 0.425. The van der Waals surface area contributed by atoms with Crippen molar-refractivity contribution in [3.63, 3.8) is 0 Å². The number of benzene rings is 1. The molecular weight excluding hydrogens is 212 g/mol. The van der Waals surface area contributed by atoms with Gasteiger partial charge in [-0.05, 0) is 25.1 Å². The SMILES string of the molecule is NCCCOc1ccc([N+](=O)[O-])c(CO)c1. The van der Waals surface area contributed by atoms with Crippen molar-refractivity contribution in [1.82, 2.24) is 0 Å². The third kappa shape index (κ3) is 3.18. The molecule has 0 bridgehead atoms. The Labute approximate surface area is 92.8 Å². The average Bonchev–Trinajstić information content (AvgIpc) is 2.29. The lowest BCUT2D eigenvalue weighted by molar-refractivity contribution is -0.385. The molecular formula is C10H14N2O4. The second kappa shape index (κ2) is 6.04. The minimum absolute atomic E-state index is 0.103. The zero-order valence-corrected chi connectivity index (χ0v) is 8.76. The highest BCUT2D eigenvalue weighted by Gasteiger charge is 2.13. The van der Waals surface area contributed by atoms with Crippen LogP contribution in [0.4, 0.5) is 5.69 Å². The normalized spacial score (nSPS) is 10.1.